The van der Waals surface area contributed by atoms with Gasteiger partial charge in [0, 0.05) is 11.6 Å². The van der Waals surface area contributed by atoms with Gasteiger partial charge in [0.25, 0.3) is 5.56 Å². The Morgan fingerprint density at radius 3 is 2.95 bits per heavy atom. The fraction of sp³-hybridized carbons (Fsp3) is 0.154. The zero-order chi connectivity index (χ0) is 13.6. The van der Waals surface area contributed by atoms with E-state index >= 15 is 0 Å². The molecule has 0 bridgehead atoms. The summed E-state index contributed by atoms with van der Waals surface area (Å²) < 4.78 is 1.35. The summed E-state index contributed by atoms with van der Waals surface area (Å²) in [6.07, 6.45) is 1.48. The molecule has 0 spiro atoms. The number of hydrogen-bond acceptors (Lipinski definition) is 3. The summed E-state index contributed by atoms with van der Waals surface area (Å²) in [6.45, 7) is 1.65. The van der Waals surface area contributed by atoms with Gasteiger partial charge in [-0.2, -0.15) is 0 Å². The summed E-state index contributed by atoms with van der Waals surface area (Å²) >= 11 is 0. The van der Waals surface area contributed by atoms with Gasteiger partial charge in [-0.05, 0) is 19.1 Å². The molecule has 0 fully saturated rings. The van der Waals surface area contributed by atoms with Crippen LogP contribution in [0.1, 0.15) is 5.56 Å². The van der Waals surface area contributed by atoms with Gasteiger partial charge < -0.3 is 5.11 Å². The van der Waals surface area contributed by atoms with Crippen molar-refractivity contribution in [3.8, 4) is 0 Å². The van der Waals surface area contributed by atoms with Gasteiger partial charge in [0.15, 0.2) is 0 Å². The predicted octanol–water partition coefficient (Wildman–Crippen LogP) is 1.27. The van der Waals surface area contributed by atoms with Crippen molar-refractivity contribution in [2.45, 2.75) is 13.5 Å². The molecular weight excluding hydrogens is 246 g/mol. The second-order valence-corrected chi connectivity index (χ2v) is 4.46. The average molecular weight is 257 g/mol. The highest BCUT2D eigenvalue weighted by atomic mass is 16.4. The first-order chi connectivity index (χ1) is 9.06. The highest BCUT2D eigenvalue weighted by molar-refractivity contribution is 6.03. The number of nitrogens with zero attached hydrogens (tertiary/aromatic N) is 2. The summed E-state index contributed by atoms with van der Waals surface area (Å²) in [6, 6.07) is 5.68. The summed E-state index contributed by atoms with van der Waals surface area (Å²) in [5, 5.41) is 12.6. The van der Waals surface area contributed by atoms with Crippen molar-refractivity contribution >= 4 is 27.8 Å². The molecule has 96 valence electrons. The number of hydrogen-bond donors (Lipinski definition) is 2. The van der Waals surface area contributed by atoms with E-state index < -0.39 is 5.97 Å². The largest absolute Gasteiger partial charge is 0.480 e. The Balaban J connectivity index is 2.47. The number of pyridine rings is 1. The second kappa shape index (κ2) is 3.94. The number of H-pyrrole nitrogens is 1. The Morgan fingerprint density at radius 2 is 2.21 bits per heavy atom. The highest BCUT2D eigenvalue weighted by Crippen LogP contribution is 2.22. The molecule has 0 unspecified atom stereocenters. The lowest BCUT2D eigenvalue weighted by Crippen LogP contribution is -2.12. The van der Waals surface area contributed by atoms with E-state index in [0.29, 0.717) is 10.9 Å². The number of rotatable bonds is 2. The molecule has 2 heterocycles. The number of aliphatic carboxylic acids is 1. The monoisotopic (exact) mass is 257 g/mol. The molecule has 0 aliphatic heterocycles. The zero-order valence-corrected chi connectivity index (χ0v) is 10.2. The molecule has 3 aromatic rings. The minimum atomic E-state index is -1.01. The molecule has 0 aliphatic carbocycles. The number of benzene rings is 1. The SMILES string of the molecule is Cc1ccc2ncc3c(=O)[nH]n(CC(=O)O)c3c2c1. The molecule has 1 aromatic carbocycles. The number of fused-ring (bicyclic) bond motifs is 3. The molecule has 0 amide bonds. The van der Waals surface area contributed by atoms with Gasteiger partial charge in [0.05, 0.1) is 16.4 Å². The van der Waals surface area contributed by atoms with Crippen LogP contribution in [-0.2, 0) is 11.3 Å². The van der Waals surface area contributed by atoms with Crippen LogP contribution in [0.3, 0.4) is 0 Å². The minimum Gasteiger partial charge on any atom is -0.480 e. The van der Waals surface area contributed by atoms with Gasteiger partial charge in [0.2, 0.25) is 0 Å². The Labute approximate surface area is 107 Å². The smallest absolute Gasteiger partial charge is 0.325 e. The number of carbonyl (C=O) groups is 1. The third kappa shape index (κ3) is 1.77. The maximum Gasteiger partial charge on any atom is 0.325 e. The molecule has 3 rings (SSSR count). The van der Waals surface area contributed by atoms with E-state index in [0.717, 1.165) is 16.5 Å². The van der Waals surface area contributed by atoms with E-state index in [1.165, 1.54) is 10.9 Å². The average Bonchev–Trinajstić information content (AvgIpc) is 2.65. The summed E-state index contributed by atoms with van der Waals surface area (Å²) in [4.78, 5) is 26.9. The summed E-state index contributed by atoms with van der Waals surface area (Å²) in [5.41, 5.74) is 2.02. The fourth-order valence-corrected chi connectivity index (χ4v) is 2.24. The molecule has 0 atom stereocenters. The number of carboxylic acids is 1. The fourth-order valence-electron chi connectivity index (χ4n) is 2.24. The number of nitrogens with one attached hydrogen (secondary N) is 1. The first-order valence-corrected chi connectivity index (χ1v) is 5.76. The lowest BCUT2D eigenvalue weighted by molar-refractivity contribution is -0.137. The number of aryl methyl sites for hydroxylation is 1. The Kier molecular flexibility index (Phi) is 2.38. The van der Waals surface area contributed by atoms with Crippen LogP contribution in [0.2, 0.25) is 0 Å². The Bertz CT molecular complexity index is 861. The first kappa shape index (κ1) is 11.5. The van der Waals surface area contributed by atoms with E-state index in [9.17, 15) is 9.59 Å². The summed E-state index contributed by atoms with van der Waals surface area (Å²) in [5.74, 6) is -1.01. The van der Waals surface area contributed by atoms with Crippen molar-refractivity contribution in [1.29, 1.82) is 0 Å². The molecule has 2 aromatic heterocycles. The number of aromatic nitrogens is 3. The van der Waals surface area contributed by atoms with Crippen LogP contribution in [0.5, 0.6) is 0 Å². The number of aromatic amines is 1. The maximum atomic E-state index is 11.8. The van der Waals surface area contributed by atoms with Gasteiger partial charge in [-0.15, -0.1) is 0 Å². The quantitative estimate of drug-likeness (QED) is 0.723. The lowest BCUT2D eigenvalue weighted by Gasteiger charge is -2.04. The van der Waals surface area contributed by atoms with Crippen LogP contribution in [0, 0.1) is 6.92 Å². The molecule has 0 saturated carbocycles. The van der Waals surface area contributed by atoms with E-state index in [1.54, 1.807) is 0 Å². The Hall–Kier alpha value is -2.63. The number of carboxylic acid groups (broad SMARTS) is 1. The van der Waals surface area contributed by atoms with Gasteiger partial charge >= 0.3 is 5.97 Å². The van der Waals surface area contributed by atoms with Crippen LogP contribution in [0.25, 0.3) is 21.8 Å². The summed E-state index contributed by atoms with van der Waals surface area (Å²) in [7, 11) is 0. The second-order valence-electron chi connectivity index (χ2n) is 4.46. The first-order valence-electron chi connectivity index (χ1n) is 5.76. The van der Waals surface area contributed by atoms with E-state index in [4.69, 9.17) is 5.11 Å². The standard InChI is InChI=1S/C13H11N3O3/c1-7-2-3-10-8(4-7)12-9(5-14-10)13(19)15-16(12)6-11(17)18/h2-5H,6H2,1H3,(H,15,19)(H,17,18). The normalized spacial score (nSPS) is 11.2. The van der Waals surface area contributed by atoms with Crippen molar-refractivity contribution in [1.82, 2.24) is 14.8 Å². The van der Waals surface area contributed by atoms with Crippen LogP contribution in [0.15, 0.2) is 29.2 Å². The van der Waals surface area contributed by atoms with Crippen molar-refractivity contribution < 1.29 is 9.90 Å². The van der Waals surface area contributed by atoms with Crippen LogP contribution in [-0.4, -0.2) is 25.8 Å². The van der Waals surface area contributed by atoms with Crippen LogP contribution >= 0.6 is 0 Å². The molecule has 2 N–H and O–H groups in total. The van der Waals surface area contributed by atoms with Crippen molar-refractivity contribution in [2.75, 3.05) is 0 Å². The minimum absolute atomic E-state index is 0.286. The molecule has 0 radical (unpaired) electrons. The van der Waals surface area contributed by atoms with Crippen LogP contribution < -0.4 is 5.56 Å². The lowest BCUT2D eigenvalue weighted by atomic mass is 10.1. The van der Waals surface area contributed by atoms with E-state index in [-0.39, 0.29) is 12.1 Å². The topological polar surface area (TPSA) is 88.0 Å². The Morgan fingerprint density at radius 1 is 1.42 bits per heavy atom. The molecule has 6 heteroatoms. The van der Waals surface area contributed by atoms with Crippen molar-refractivity contribution in [3.05, 3.63) is 40.3 Å². The molecule has 6 nitrogen and oxygen atoms in total. The molecular formula is C13H11N3O3. The predicted molar refractivity (Wildman–Crippen MR) is 70.2 cm³/mol. The van der Waals surface area contributed by atoms with Gasteiger partial charge in [0.1, 0.15) is 6.54 Å². The van der Waals surface area contributed by atoms with Gasteiger partial charge in [-0.1, -0.05) is 11.6 Å². The third-order valence-corrected chi connectivity index (χ3v) is 3.04. The van der Waals surface area contributed by atoms with Crippen LogP contribution in [0.4, 0.5) is 0 Å². The van der Waals surface area contributed by atoms with Gasteiger partial charge in [-0.25, -0.2) is 0 Å². The third-order valence-electron chi connectivity index (χ3n) is 3.04. The zero-order valence-electron chi connectivity index (χ0n) is 10.2. The molecule has 0 saturated heterocycles. The maximum absolute atomic E-state index is 11.8. The van der Waals surface area contributed by atoms with E-state index in [1.807, 2.05) is 25.1 Å². The van der Waals surface area contributed by atoms with E-state index in [2.05, 4.69) is 10.1 Å². The molecule has 19 heavy (non-hydrogen) atoms. The molecule has 0 aliphatic rings. The van der Waals surface area contributed by atoms with Crippen molar-refractivity contribution in [3.63, 3.8) is 0 Å². The highest BCUT2D eigenvalue weighted by Gasteiger charge is 2.13. The van der Waals surface area contributed by atoms with Crippen molar-refractivity contribution in [2.24, 2.45) is 0 Å². The van der Waals surface area contributed by atoms with Gasteiger partial charge in [-0.3, -0.25) is 24.4 Å².